The zero-order chi connectivity index (χ0) is 28.8. The fraction of sp³-hybridized carbons (Fsp3) is 0.222. The van der Waals surface area contributed by atoms with Crippen LogP contribution in [-0.2, 0) is 39.1 Å². The van der Waals surface area contributed by atoms with Crippen LogP contribution in [0.25, 0.3) is 0 Å². The van der Waals surface area contributed by atoms with Crippen LogP contribution < -0.4 is 0 Å². The van der Waals surface area contributed by atoms with Gasteiger partial charge >= 0.3 is 17.9 Å². The lowest BCUT2D eigenvalue weighted by Gasteiger charge is -2.33. The Morgan fingerprint density at radius 3 is 2.38 bits per heavy atom. The van der Waals surface area contributed by atoms with Crippen molar-refractivity contribution in [2.45, 2.75) is 19.6 Å². The summed E-state index contributed by atoms with van der Waals surface area (Å²) >= 11 is 0. The van der Waals surface area contributed by atoms with Gasteiger partial charge in [-0.1, -0.05) is 11.6 Å². The van der Waals surface area contributed by atoms with E-state index in [0.29, 0.717) is 11.3 Å². The number of ether oxygens (including phenoxy) is 4. The number of hydrazone groups is 1. The number of nitro benzene ring substituents is 1. The van der Waals surface area contributed by atoms with Gasteiger partial charge in [0.15, 0.2) is 5.71 Å². The van der Waals surface area contributed by atoms with Crippen molar-refractivity contribution in [2.75, 3.05) is 20.8 Å². The smallest absolute Gasteiger partial charge is 0.375 e. The van der Waals surface area contributed by atoms with E-state index in [0.717, 1.165) is 19.8 Å². The van der Waals surface area contributed by atoms with E-state index in [9.17, 15) is 24.5 Å². The first-order chi connectivity index (χ1) is 19.2. The quantitative estimate of drug-likeness (QED) is 0.228. The van der Waals surface area contributed by atoms with Gasteiger partial charge in [-0.15, -0.1) is 0 Å². The molecule has 0 bridgehead atoms. The van der Waals surface area contributed by atoms with Gasteiger partial charge in [-0.25, -0.2) is 24.4 Å². The normalized spacial score (nSPS) is 18.7. The van der Waals surface area contributed by atoms with Crippen LogP contribution in [-0.4, -0.2) is 60.1 Å². The maximum Gasteiger partial charge on any atom is 0.375 e. The van der Waals surface area contributed by atoms with E-state index >= 15 is 0 Å². The SMILES string of the molecule is CCOC(=O)C1=CN2N=C3C(=C(C(=O)OC)C(C(=O)OC)=Nc4ccc(C)cc43)C2(c2ccc([N+](=O)[O-])cc2)O1. The number of esters is 3. The van der Waals surface area contributed by atoms with Gasteiger partial charge in [-0.2, -0.15) is 5.10 Å². The number of aryl methyl sites for hydroxylation is 1. The van der Waals surface area contributed by atoms with Gasteiger partial charge in [-0.3, -0.25) is 10.1 Å². The molecule has 0 saturated carbocycles. The van der Waals surface area contributed by atoms with Crippen LogP contribution >= 0.6 is 0 Å². The van der Waals surface area contributed by atoms with E-state index in [1.165, 1.54) is 35.5 Å². The second kappa shape index (κ2) is 9.76. The van der Waals surface area contributed by atoms with Crippen LogP contribution in [0.5, 0.6) is 0 Å². The Labute approximate surface area is 227 Å². The zero-order valence-electron chi connectivity index (χ0n) is 21.8. The topological polar surface area (TPSA) is 159 Å². The number of benzene rings is 2. The fourth-order valence-electron chi connectivity index (χ4n) is 4.71. The van der Waals surface area contributed by atoms with Crippen LogP contribution in [0.4, 0.5) is 11.4 Å². The van der Waals surface area contributed by atoms with Crippen molar-refractivity contribution in [3.05, 3.63) is 92.4 Å². The molecule has 0 aliphatic carbocycles. The lowest BCUT2D eigenvalue weighted by Crippen LogP contribution is -2.41. The molecule has 2 aromatic carbocycles. The molecule has 204 valence electrons. The Kier molecular flexibility index (Phi) is 6.42. The number of fused-ring (bicyclic) bond motifs is 5. The molecule has 3 heterocycles. The number of nitro groups is 1. The highest BCUT2D eigenvalue weighted by Crippen LogP contribution is 2.52. The molecule has 0 saturated heterocycles. The van der Waals surface area contributed by atoms with Gasteiger partial charge in [-0.05, 0) is 38.1 Å². The molecule has 0 amide bonds. The second-order valence-corrected chi connectivity index (χ2v) is 8.77. The number of non-ortho nitro benzene ring substituents is 1. The zero-order valence-corrected chi connectivity index (χ0v) is 21.8. The summed E-state index contributed by atoms with van der Waals surface area (Å²) in [4.78, 5) is 54.6. The predicted octanol–water partition coefficient (Wildman–Crippen LogP) is 2.94. The molecule has 0 spiro atoms. The number of carbonyl (C=O) groups is 3. The molecular weight excluding hydrogens is 524 g/mol. The molecule has 1 atom stereocenters. The molecule has 0 radical (unpaired) electrons. The minimum atomic E-state index is -1.88. The van der Waals surface area contributed by atoms with E-state index < -0.39 is 28.6 Å². The van der Waals surface area contributed by atoms with Crippen molar-refractivity contribution in [3.63, 3.8) is 0 Å². The predicted molar refractivity (Wildman–Crippen MR) is 138 cm³/mol. The van der Waals surface area contributed by atoms with E-state index in [4.69, 9.17) is 24.0 Å². The van der Waals surface area contributed by atoms with E-state index in [2.05, 4.69) is 4.99 Å². The fourth-order valence-corrected chi connectivity index (χ4v) is 4.71. The third-order valence-corrected chi connectivity index (χ3v) is 6.44. The Morgan fingerprint density at radius 1 is 1.05 bits per heavy atom. The third-order valence-electron chi connectivity index (χ3n) is 6.44. The molecule has 3 aliphatic rings. The van der Waals surface area contributed by atoms with Crippen molar-refractivity contribution < 1.29 is 38.3 Å². The maximum atomic E-state index is 13.4. The average Bonchev–Trinajstić information content (AvgIpc) is 3.43. The summed E-state index contributed by atoms with van der Waals surface area (Å²) in [7, 11) is 2.27. The summed E-state index contributed by atoms with van der Waals surface area (Å²) in [5.41, 5.74) is -0.689. The molecule has 40 heavy (non-hydrogen) atoms. The van der Waals surface area contributed by atoms with Crippen LogP contribution in [0.3, 0.4) is 0 Å². The minimum Gasteiger partial charge on any atom is -0.465 e. The van der Waals surface area contributed by atoms with E-state index in [-0.39, 0.29) is 46.2 Å². The highest BCUT2D eigenvalue weighted by atomic mass is 16.6. The molecule has 0 aromatic heterocycles. The van der Waals surface area contributed by atoms with E-state index in [1.54, 1.807) is 25.1 Å². The van der Waals surface area contributed by atoms with Crippen LogP contribution in [0, 0.1) is 17.0 Å². The monoisotopic (exact) mass is 546 g/mol. The van der Waals surface area contributed by atoms with Crippen molar-refractivity contribution in [1.29, 1.82) is 0 Å². The number of carbonyl (C=O) groups excluding carboxylic acids is 3. The van der Waals surface area contributed by atoms with Crippen molar-refractivity contribution in [3.8, 4) is 0 Å². The number of methoxy groups -OCH3 is 2. The Bertz CT molecular complexity index is 1600. The Morgan fingerprint density at radius 2 is 1.75 bits per heavy atom. The van der Waals surface area contributed by atoms with Crippen LogP contribution in [0.15, 0.2) is 75.7 Å². The minimum absolute atomic E-state index is 0.0252. The first-order valence-electron chi connectivity index (χ1n) is 12.0. The van der Waals surface area contributed by atoms with Gasteiger partial charge in [0.1, 0.15) is 11.3 Å². The lowest BCUT2D eigenvalue weighted by atomic mass is 9.84. The number of hydrogen-bond donors (Lipinski definition) is 0. The molecule has 3 aliphatic heterocycles. The van der Waals surface area contributed by atoms with Crippen molar-refractivity contribution in [1.82, 2.24) is 5.01 Å². The molecule has 2 aromatic rings. The lowest BCUT2D eigenvalue weighted by molar-refractivity contribution is -0.384. The number of rotatable bonds is 6. The number of hydrogen-bond acceptors (Lipinski definition) is 12. The van der Waals surface area contributed by atoms with Crippen molar-refractivity contribution in [2.24, 2.45) is 10.1 Å². The van der Waals surface area contributed by atoms with Gasteiger partial charge in [0.05, 0.1) is 43.2 Å². The number of nitrogens with zero attached hydrogens (tertiary/aromatic N) is 4. The van der Waals surface area contributed by atoms with E-state index in [1.807, 2.05) is 6.92 Å². The highest BCUT2D eigenvalue weighted by Gasteiger charge is 2.59. The molecule has 0 N–H and O–H groups in total. The maximum absolute atomic E-state index is 13.4. The molecular formula is C27H22N4O9. The highest BCUT2D eigenvalue weighted by molar-refractivity contribution is 6.52. The molecule has 13 heteroatoms. The van der Waals surface area contributed by atoms with Gasteiger partial charge in [0.25, 0.3) is 11.4 Å². The average molecular weight is 546 g/mol. The summed E-state index contributed by atoms with van der Waals surface area (Å²) in [5.74, 6) is -2.94. The van der Waals surface area contributed by atoms with Crippen LogP contribution in [0.2, 0.25) is 0 Å². The molecule has 0 fully saturated rings. The van der Waals surface area contributed by atoms with Crippen molar-refractivity contribution >= 4 is 40.7 Å². The molecule has 13 nitrogen and oxygen atoms in total. The van der Waals surface area contributed by atoms with Crippen LogP contribution in [0.1, 0.15) is 23.6 Å². The van der Waals surface area contributed by atoms with Gasteiger partial charge in [0, 0.05) is 23.3 Å². The number of aliphatic imine (C=N–C) groups is 1. The largest absolute Gasteiger partial charge is 0.465 e. The molecule has 1 unspecified atom stereocenters. The summed E-state index contributed by atoms with van der Waals surface area (Å²) in [6, 6.07) is 10.5. The summed E-state index contributed by atoms with van der Waals surface area (Å²) in [6.07, 6.45) is 1.30. The summed E-state index contributed by atoms with van der Waals surface area (Å²) < 4.78 is 21.5. The first kappa shape index (κ1) is 26.3. The second-order valence-electron chi connectivity index (χ2n) is 8.77. The Hall–Kier alpha value is -5.33. The third kappa shape index (κ3) is 3.90. The van der Waals surface area contributed by atoms with Gasteiger partial charge in [0.2, 0.25) is 5.76 Å². The van der Waals surface area contributed by atoms with Gasteiger partial charge < -0.3 is 18.9 Å². The first-order valence-corrected chi connectivity index (χ1v) is 12.0. The Balaban J connectivity index is 1.89. The molecule has 5 rings (SSSR count). The summed E-state index contributed by atoms with van der Waals surface area (Å²) in [5, 5.41) is 17.4. The summed E-state index contributed by atoms with van der Waals surface area (Å²) in [6.45, 7) is 3.53. The standard InChI is InChI=1S/C27H22N4O9/c1-5-39-24(32)19-13-30-27(40-19,15-7-9-16(10-8-15)31(35)36)21-20(25(33)37-3)23(26(34)38-4)28-18-11-6-14(2)12-17(18)22(21)29-30/h6-13H,5H2,1-4H3.